The predicted molar refractivity (Wildman–Crippen MR) is 49.2 cm³/mol. The summed E-state index contributed by atoms with van der Waals surface area (Å²) in [5.41, 5.74) is 0.187. The molecule has 3 nitrogen and oxygen atoms in total. The third-order valence-corrected chi connectivity index (χ3v) is 2.67. The molecule has 3 heteroatoms. The van der Waals surface area contributed by atoms with Crippen molar-refractivity contribution in [3.8, 4) is 0 Å². The summed E-state index contributed by atoms with van der Waals surface area (Å²) in [7, 11) is 0. The van der Waals surface area contributed by atoms with E-state index in [1.165, 1.54) is 0 Å². The van der Waals surface area contributed by atoms with Gasteiger partial charge in [0, 0.05) is 18.6 Å². The number of aliphatic hydroxyl groups is 1. The van der Waals surface area contributed by atoms with E-state index in [9.17, 15) is 0 Å². The lowest BCUT2D eigenvalue weighted by molar-refractivity contribution is 0.206. The molecule has 0 radical (unpaired) electrons. The van der Waals surface area contributed by atoms with Crippen molar-refractivity contribution in [2.45, 2.75) is 19.4 Å². The molecule has 0 aliphatic heterocycles. The maximum Gasteiger partial charge on any atom is 0.117 e. The molecule has 1 aromatic rings. The number of hydrogen-bond acceptors (Lipinski definition) is 3. The molecule has 0 unspecified atom stereocenters. The Morgan fingerprint density at radius 1 is 1.54 bits per heavy atom. The van der Waals surface area contributed by atoms with Gasteiger partial charge in [0.05, 0.1) is 12.8 Å². The van der Waals surface area contributed by atoms with Crippen LogP contribution in [-0.4, -0.2) is 18.3 Å². The predicted octanol–water partition coefficient (Wildman–Crippen LogP) is 1.14. The van der Waals surface area contributed by atoms with Gasteiger partial charge >= 0.3 is 0 Å². The van der Waals surface area contributed by atoms with Crippen molar-refractivity contribution in [1.29, 1.82) is 0 Å². The van der Waals surface area contributed by atoms with Gasteiger partial charge in [-0.15, -0.1) is 0 Å². The molecule has 1 fully saturated rings. The average molecular weight is 181 g/mol. The van der Waals surface area contributed by atoms with Crippen LogP contribution < -0.4 is 5.32 Å². The van der Waals surface area contributed by atoms with Crippen LogP contribution in [0.5, 0.6) is 0 Å². The highest BCUT2D eigenvalue weighted by atomic mass is 16.3. The average Bonchev–Trinajstić information content (AvgIpc) is 2.74. The second-order valence-electron chi connectivity index (χ2n) is 3.84. The minimum absolute atomic E-state index is 0.187. The SMILES string of the molecule is OCC1(CNCc2ccco2)CC1. The van der Waals surface area contributed by atoms with Gasteiger partial charge in [0.15, 0.2) is 0 Å². The molecular formula is C10H15NO2. The van der Waals surface area contributed by atoms with Gasteiger partial charge in [-0.2, -0.15) is 0 Å². The Kier molecular flexibility index (Phi) is 2.38. The highest BCUT2D eigenvalue weighted by molar-refractivity contribution is 4.99. The van der Waals surface area contributed by atoms with Gasteiger partial charge in [0.2, 0.25) is 0 Å². The largest absolute Gasteiger partial charge is 0.468 e. The third-order valence-electron chi connectivity index (χ3n) is 2.67. The highest BCUT2D eigenvalue weighted by Gasteiger charge is 2.41. The van der Waals surface area contributed by atoms with Crippen LogP contribution in [0.4, 0.5) is 0 Å². The first-order chi connectivity index (χ1) is 6.35. The molecule has 0 amide bonds. The van der Waals surface area contributed by atoms with E-state index < -0.39 is 0 Å². The first kappa shape index (κ1) is 8.78. The smallest absolute Gasteiger partial charge is 0.117 e. The summed E-state index contributed by atoms with van der Waals surface area (Å²) >= 11 is 0. The van der Waals surface area contributed by atoms with Crippen molar-refractivity contribution in [3.63, 3.8) is 0 Å². The van der Waals surface area contributed by atoms with Crippen LogP contribution in [0.3, 0.4) is 0 Å². The zero-order chi connectivity index (χ0) is 9.15. The Bertz CT molecular complexity index is 252. The monoisotopic (exact) mass is 181 g/mol. The van der Waals surface area contributed by atoms with Crippen LogP contribution in [0, 0.1) is 5.41 Å². The Morgan fingerprint density at radius 3 is 2.92 bits per heavy atom. The van der Waals surface area contributed by atoms with Crippen molar-refractivity contribution >= 4 is 0 Å². The summed E-state index contributed by atoms with van der Waals surface area (Å²) in [6, 6.07) is 3.83. The van der Waals surface area contributed by atoms with Gasteiger partial charge in [0.25, 0.3) is 0 Å². The standard InChI is InChI=1S/C10H15NO2/c12-8-10(3-4-10)7-11-6-9-2-1-5-13-9/h1-2,5,11-12H,3-4,6-8H2. The fraction of sp³-hybridized carbons (Fsp3) is 0.600. The fourth-order valence-electron chi connectivity index (χ4n) is 1.43. The van der Waals surface area contributed by atoms with E-state index in [4.69, 9.17) is 9.52 Å². The van der Waals surface area contributed by atoms with E-state index in [2.05, 4.69) is 5.32 Å². The third kappa shape index (κ3) is 2.11. The summed E-state index contributed by atoms with van der Waals surface area (Å²) in [4.78, 5) is 0. The second-order valence-corrected chi connectivity index (χ2v) is 3.84. The maximum absolute atomic E-state index is 9.05. The first-order valence-electron chi connectivity index (χ1n) is 4.69. The van der Waals surface area contributed by atoms with Crippen molar-refractivity contribution in [2.75, 3.05) is 13.2 Å². The molecule has 0 bridgehead atoms. The van der Waals surface area contributed by atoms with Gasteiger partial charge in [-0.25, -0.2) is 0 Å². The van der Waals surface area contributed by atoms with Crippen molar-refractivity contribution in [2.24, 2.45) is 5.41 Å². The van der Waals surface area contributed by atoms with E-state index in [-0.39, 0.29) is 5.41 Å². The molecule has 0 atom stereocenters. The van der Waals surface area contributed by atoms with Gasteiger partial charge in [-0.1, -0.05) is 0 Å². The first-order valence-corrected chi connectivity index (χ1v) is 4.69. The van der Waals surface area contributed by atoms with Crippen LogP contribution in [0.15, 0.2) is 22.8 Å². The second kappa shape index (κ2) is 3.52. The molecule has 1 aromatic heterocycles. The molecule has 1 aliphatic rings. The van der Waals surface area contributed by atoms with Crippen molar-refractivity contribution in [1.82, 2.24) is 5.32 Å². The minimum atomic E-state index is 0.187. The molecule has 0 aromatic carbocycles. The van der Waals surface area contributed by atoms with E-state index >= 15 is 0 Å². The number of nitrogens with one attached hydrogen (secondary N) is 1. The van der Waals surface area contributed by atoms with Crippen molar-refractivity contribution < 1.29 is 9.52 Å². The topological polar surface area (TPSA) is 45.4 Å². The number of furan rings is 1. The summed E-state index contributed by atoms with van der Waals surface area (Å²) in [6.07, 6.45) is 3.97. The molecule has 13 heavy (non-hydrogen) atoms. The van der Waals surface area contributed by atoms with E-state index in [0.717, 1.165) is 31.7 Å². The number of hydrogen-bond donors (Lipinski definition) is 2. The van der Waals surface area contributed by atoms with Crippen LogP contribution in [0.1, 0.15) is 18.6 Å². The Morgan fingerprint density at radius 2 is 2.38 bits per heavy atom. The van der Waals surface area contributed by atoms with E-state index in [1.807, 2.05) is 12.1 Å². The quantitative estimate of drug-likeness (QED) is 0.716. The molecule has 72 valence electrons. The molecule has 2 rings (SSSR count). The van der Waals surface area contributed by atoms with Crippen molar-refractivity contribution in [3.05, 3.63) is 24.2 Å². The Labute approximate surface area is 77.8 Å². The van der Waals surface area contributed by atoms with Crippen LogP contribution in [0.2, 0.25) is 0 Å². The zero-order valence-electron chi connectivity index (χ0n) is 7.62. The van der Waals surface area contributed by atoms with Gasteiger partial charge in [0.1, 0.15) is 5.76 Å². The van der Waals surface area contributed by atoms with Gasteiger partial charge < -0.3 is 14.8 Å². The Hall–Kier alpha value is -0.800. The number of rotatable bonds is 5. The van der Waals surface area contributed by atoms with Gasteiger partial charge in [-0.3, -0.25) is 0 Å². The molecule has 0 spiro atoms. The summed E-state index contributed by atoms with van der Waals surface area (Å²) in [6.45, 7) is 1.96. The molecule has 1 heterocycles. The molecule has 2 N–H and O–H groups in total. The molecular weight excluding hydrogens is 166 g/mol. The molecule has 1 aliphatic carbocycles. The summed E-state index contributed by atoms with van der Waals surface area (Å²) in [5, 5.41) is 12.3. The minimum Gasteiger partial charge on any atom is -0.468 e. The fourth-order valence-corrected chi connectivity index (χ4v) is 1.43. The lowest BCUT2D eigenvalue weighted by atomic mass is 10.1. The van der Waals surface area contributed by atoms with Crippen LogP contribution in [0.25, 0.3) is 0 Å². The Balaban J connectivity index is 1.70. The summed E-state index contributed by atoms with van der Waals surface area (Å²) < 4.78 is 5.18. The maximum atomic E-state index is 9.05. The normalized spacial score (nSPS) is 18.8. The lowest BCUT2D eigenvalue weighted by Gasteiger charge is -2.11. The number of aliphatic hydroxyl groups excluding tert-OH is 1. The highest BCUT2D eigenvalue weighted by Crippen LogP contribution is 2.44. The van der Waals surface area contributed by atoms with E-state index in [0.29, 0.717) is 6.61 Å². The van der Waals surface area contributed by atoms with E-state index in [1.54, 1.807) is 6.26 Å². The zero-order valence-corrected chi connectivity index (χ0v) is 7.62. The molecule has 0 saturated heterocycles. The van der Waals surface area contributed by atoms with Crippen LogP contribution >= 0.6 is 0 Å². The van der Waals surface area contributed by atoms with Gasteiger partial charge in [-0.05, 0) is 25.0 Å². The summed E-state index contributed by atoms with van der Waals surface area (Å²) in [5.74, 6) is 0.953. The lowest BCUT2D eigenvalue weighted by Crippen LogP contribution is -2.25. The van der Waals surface area contributed by atoms with Crippen LogP contribution in [-0.2, 0) is 6.54 Å². The molecule has 1 saturated carbocycles.